The first kappa shape index (κ1) is 31.4. The van der Waals surface area contributed by atoms with Crippen molar-refractivity contribution in [1.82, 2.24) is 10.0 Å². The molecule has 1 aliphatic rings. The van der Waals surface area contributed by atoms with Crippen LogP contribution in [0, 0.1) is 5.92 Å². The largest absolute Gasteiger partial charge is 0.479 e. The topological polar surface area (TPSA) is 113 Å². The summed E-state index contributed by atoms with van der Waals surface area (Å²) in [4.78, 5) is 24.8. The molecule has 1 fully saturated rings. The van der Waals surface area contributed by atoms with E-state index in [1.807, 2.05) is 6.92 Å². The highest BCUT2D eigenvalue weighted by molar-refractivity contribution is 8.00. The fourth-order valence-electron chi connectivity index (χ4n) is 3.68. The van der Waals surface area contributed by atoms with Crippen LogP contribution in [-0.2, 0) is 19.6 Å². The van der Waals surface area contributed by atoms with Crippen LogP contribution in [0.3, 0.4) is 0 Å². The lowest BCUT2D eigenvalue weighted by Crippen LogP contribution is -2.55. The van der Waals surface area contributed by atoms with E-state index in [9.17, 15) is 23.1 Å². The molecular weight excluding hydrogens is 484 g/mol. The Kier molecular flexibility index (Phi) is 12.8. The second-order valence-electron chi connectivity index (χ2n) is 10.0. The summed E-state index contributed by atoms with van der Waals surface area (Å²) in [5.41, 5.74) is 2.65. The lowest BCUT2D eigenvalue weighted by atomic mass is 9.99. The second kappa shape index (κ2) is 14.2. The Morgan fingerprint density at radius 2 is 1.66 bits per heavy atom. The smallest absolute Gasteiger partial charge is 0.330 e. The number of rotatable bonds is 16. The molecule has 0 saturated heterocycles. The number of amides is 1. The van der Waals surface area contributed by atoms with E-state index >= 15 is 0 Å². The van der Waals surface area contributed by atoms with Gasteiger partial charge in [0.05, 0.1) is 6.26 Å². The minimum atomic E-state index is -3.62. The third-order valence-electron chi connectivity index (χ3n) is 6.31. The Morgan fingerprint density at radius 1 is 1.09 bits per heavy atom. The molecule has 35 heavy (non-hydrogen) atoms. The van der Waals surface area contributed by atoms with Crippen LogP contribution in [0.25, 0.3) is 0 Å². The first-order valence-electron chi connectivity index (χ1n) is 12.3. The van der Waals surface area contributed by atoms with Gasteiger partial charge in [0.1, 0.15) is 6.04 Å². The Hall–Kier alpha value is -1.58. The van der Waals surface area contributed by atoms with Gasteiger partial charge in [-0.1, -0.05) is 55.2 Å². The van der Waals surface area contributed by atoms with E-state index in [1.54, 1.807) is 6.92 Å². The molecular formula is C26H44N2O5S2. The number of thioether (sulfide) groups is 1. The van der Waals surface area contributed by atoms with Gasteiger partial charge in [-0.25, -0.2) is 17.9 Å². The van der Waals surface area contributed by atoms with E-state index in [4.69, 9.17) is 0 Å². The van der Waals surface area contributed by atoms with Gasteiger partial charge in [-0.2, -0.15) is 11.8 Å². The molecule has 1 rings (SSSR count). The molecule has 9 heteroatoms. The molecule has 3 N–H and O–H groups in total. The van der Waals surface area contributed by atoms with Gasteiger partial charge < -0.3 is 10.4 Å². The predicted octanol–water partition coefficient (Wildman–Crippen LogP) is 4.81. The minimum absolute atomic E-state index is 0.249. The zero-order valence-corrected chi connectivity index (χ0v) is 23.9. The zero-order valence-electron chi connectivity index (χ0n) is 22.3. The van der Waals surface area contributed by atoms with Crippen molar-refractivity contribution in [3.8, 4) is 0 Å². The van der Waals surface area contributed by atoms with E-state index in [0.717, 1.165) is 31.9 Å². The van der Waals surface area contributed by atoms with Crippen LogP contribution < -0.4 is 10.0 Å². The van der Waals surface area contributed by atoms with Crippen LogP contribution in [0.4, 0.5) is 0 Å². The van der Waals surface area contributed by atoms with Gasteiger partial charge >= 0.3 is 5.97 Å². The summed E-state index contributed by atoms with van der Waals surface area (Å²) in [6, 6.07) is -1.00. The molecule has 0 heterocycles. The van der Waals surface area contributed by atoms with Gasteiger partial charge in [0.2, 0.25) is 15.9 Å². The fourth-order valence-corrected chi connectivity index (χ4v) is 5.92. The van der Waals surface area contributed by atoms with Crippen molar-refractivity contribution in [3.63, 3.8) is 0 Å². The molecule has 1 aliphatic carbocycles. The van der Waals surface area contributed by atoms with Crippen molar-refractivity contribution in [2.24, 2.45) is 5.92 Å². The summed E-state index contributed by atoms with van der Waals surface area (Å²) in [6.07, 6.45) is 12.6. The molecule has 1 unspecified atom stereocenters. The number of nitrogens with one attached hydrogen (secondary N) is 2. The molecule has 0 radical (unpaired) electrons. The number of allylic oxidation sites excluding steroid dienone is 5. The molecule has 0 aromatic carbocycles. The van der Waals surface area contributed by atoms with E-state index in [-0.39, 0.29) is 11.2 Å². The highest BCUT2D eigenvalue weighted by Gasteiger charge is 2.62. The lowest BCUT2D eigenvalue weighted by Gasteiger charge is -2.25. The SMILES string of the molecule is CC[C@H](C)[C@H](NS(C)(=O)=O)C(=O)NC1(C(=O)O)C[C@H]1SC/C=C(\C)CC/C=C(\C)CCC=C(C)C. The highest BCUT2D eigenvalue weighted by Crippen LogP contribution is 2.46. The molecule has 0 aromatic rings. The Bertz CT molecular complexity index is 935. The summed E-state index contributed by atoms with van der Waals surface area (Å²) in [6.45, 7) is 12.1. The average molecular weight is 529 g/mol. The van der Waals surface area contributed by atoms with Gasteiger partial charge in [0.25, 0.3) is 0 Å². The number of carbonyl (C=O) groups excluding carboxylic acids is 1. The van der Waals surface area contributed by atoms with Crippen LogP contribution in [0.1, 0.15) is 80.1 Å². The van der Waals surface area contributed by atoms with E-state index in [0.29, 0.717) is 18.6 Å². The Morgan fingerprint density at radius 3 is 2.17 bits per heavy atom. The molecule has 200 valence electrons. The normalized spacial score (nSPS) is 22.3. The third-order valence-corrected chi connectivity index (χ3v) is 8.33. The predicted molar refractivity (Wildman–Crippen MR) is 146 cm³/mol. The number of carboxylic acids is 1. The molecule has 1 amide bonds. The van der Waals surface area contributed by atoms with Crippen LogP contribution in [0.15, 0.2) is 34.9 Å². The molecule has 4 atom stereocenters. The maximum Gasteiger partial charge on any atom is 0.330 e. The van der Waals surface area contributed by atoms with Crippen LogP contribution in [0.5, 0.6) is 0 Å². The van der Waals surface area contributed by atoms with Gasteiger partial charge in [-0.15, -0.1) is 0 Å². The van der Waals surface area contributed by atoms with Crippen LogP contribution >= 0.6 is 11.8 Å². The van der Waals surface area contributed by atoms with E-state index < -0.39 is 33.5 Å². The maximum atomic E-state index is 12.8. The summed E-state index contributed by atoms with van der Waals surface area (Å²) >= 11 is 1.51. The molecule has 7 nitrogen and oxygen atoms in total. The summed E-state index contributed by atoms with van der Waals surface area (Å²) in [7, 11) is -3.62. The zero-order chi connectivity index (χ0) is 26.8. The summed E-state index contributed by atoms with van der Waals surface area (Å²) < 4.78 is 25.8. The van der Waals surface area contributed by atoms with E-state index in [2.05, 4.69) is 56.0 Å². The van der Waals surface area contributed by atoms with Gasteiger partial charge in [0, 0.05) is 11.0 Å². The number of carboxylic acid groups (broad SMARTS) is 1. The lowest BCUT2D eigenvalue weighted by molar-refractivity contribution is -0.143. The molecule has 0 aromatic heterocycles. The quantitative estimate of drug-likeness (QED) is 0.248. The Balaban J connectivity index is 2.62. The van der Waals surface area contributed by atoms with Crippen molar-refractivity contribution in [1.29, 1.82) is 0 Å². The fraction of sp³-hybridized carbons (Fsp3) is 0.692. The Labute approximate surface area is 216 Å². The number of sulfonamides is 1. The number of carbonyl (C=O) groups is 2. The first-order chi connectivity index (χ1) is 16.2. The van der Waals surface area contributed by atoms with Gasteiger partial charge in [-0.05, 0) is 65.7 Å². The average Bonchev–Trinajstić information content (AvgIpc) is 3.44. The van der Waals surface area contributed by atoms with Crippen LogP contribution in [-0.4, -0.2) is 54.2 Å². The minimum Gasteiger partial charge on any atom is -0.479 e. The van der Waals surface area contributed by atoms with Crippen molar-refractivity contribution < 1.29 is 23.1 Å². The first-order valence-corrected chi connectivity index (χ1v) is 15.2. The van der Waals surface area contributed by atoms with Crippen molar-refractivity contribution in [2.45, 2.75) is 96.9 Å². The number of hydrogen-bond acceptors (Lipinski definition) is 5. The van der Waals surface area contributed by atoms with Crippen molar-refractivity contribution in [2.75, 3.05) is 12.0 Å². The number of aliphatic carboxylic acids is 1. The summed E-state index contributed by atoms with van der Waals surface area (Å²) in [5, 5.41) is 12.2. The van der Waals surface area contributed by atoms with Gasteiger partial charge in [0.15, 0.2) is 5.54 Å². The molecule has 1 saturated carbocycles. The highest BCUT2D eigenvalue weighted by atomic mass is 32.2. The van der Waals surface area contributed by atoms with Gasteiger partial charge in [-0.3, -0.25) is 4.79 Å². The molecule has 0 bridgehead atoms. The van der Waals surface area contributed by atoms with Crippen LogP contribution in [0.2, 0.25) is 0 Å². The van der Waals surface area contributed by atoms with E-state index in [1.165, 1.54) is 28.5 Å². The molecule has 0 aliphatic heterocycles. The molecule has 0 spiro atoms. The summed E-state index contributed by atoms with van der Waals surface area (Å²) in [5.74, 6) is -1.27. The monoisotopic (exact) mass is 528 g/mol. The number of hydrogen-bond donors (Lipinski definition) is 3. The second-order valence-corrected chi connectivity index (χ2v) is 13.0. The standard InChI is InChI=1S/C26H44N2O5S2/c1-8-21(6)23(28-35(7,32)33)24(29)27-26(25(30)31)17-22(26)34-16-15-20(5)14-10-13-19(4)12-9-11-18(2)3/h11,13,15,21-23,28H,8-10,12,14,16-17H2,1-7H3,(H,27,29)(H,30,31)/b19-13+,20-15+/t21-,22+,23-,26?/m0/s1. The third kappa shape index (κ3) is 11.3. The van der Waals surface area contributed by atoms with Crippen molar-refractivity contribution in [3.05, 3.63) is 34.9 Å². The van der Waals surface area contributed by atoms with Crippen molar-refractivity contribution >= 4 is 33.7 Å². The maximum absolute atomic E-state index is 12.8.